The number of hydrogen-bond donors (Lipinski definition) is 1. The molecule has 5 heteroatoms. The van der Waals surface area contributed by atoms with Gasteiger partial charge in [0.2, 0.25) is 5.91 Å². The maximum Gasteiger partial charge on any atom is 0.335 e. The summed E-state index contributed by atoms with van der Waals surface area (Å²) < 4.78 is 0. The quantitative estimate of drug-likeness (QED) is 0.924. The van der Waals surface area contributed by atoms with E-state index in [9.17, 15) is 9.59 Å². The molecule has 0 aliphatic rings. The fourth-order valence-electron chi connectivity index (χ4n) is 1.94. The Kier molecular flexibility index (Phi) is 4.75. The zero-order valence-electron chi connectivity index (χ0n) is 12.0. The van der Waals surface area contributed by atoms with Gasteiger partial charge in [0.25, 0.3) is 0 Å². The molecule has 0 bridgehead atoms. The Bertz CT molecular complexity index is 646. The van der Waals surface area contributed by atoms with Crippen molar-refractivity contribution in [2.45, 2.75) is 19.9 Å². The lowest BCUT2D eigenvalue weighted by atomic mass is 10.1. The molecule has 0 fully saturated rings. The van der Waals surface area contributed by atoms with Crippen molar-refractivity contribution in [2.75, 3.05) is 7.05 Å². The molecule has 0 spiro atoms. The van der Waals surface area contributed by atoms with Gasteiger partial charge in [-0.1, -0.05) is 12.1 Å². The summed E-state index contributed by atoms with van der Waals surface area (Å²) in [7, 11) is 1.78. The summed E-state index contributed by atoms with van der Waals surface area (Å²) >= 11 is 1.65. The molecule has 1 N–H and O–H groups in total. The Morgan fingerprint density at radius 3 is 2.38 bits per heavy atom. The maximum atomic E-state index is 12.2. The van der Waals surface area contributed by atoms with Gasteiger partial charge in [-0.15, -0.1) is 11.3 Å². The third-order valence-electron chi connectivity index (χ3n) is 3.33. The zero-order chi connectivity index (χ0) is 15.4. The molecule has 2 rings (SSSR count). The largest absolute Gasteiger partial charge is 0.478 e. The minimum absolute atomic E-state index is 0.0193. The summed E-state index contributed by atoms with van der Waals surface area (Å²) in [5, 5.41) is 10.9. The average Bonchev–Trinajstić information content (AvgIpc) is 2.84. The molecule has 0 radical (unpaired) electrons. The van der Waals surface area contributed by atoms with E-state index in [1.165, 1.54) is 22.6 Å². The predicted octanol–water partition coefficient (Wildman–Crippen LogP) is 2.96. The zero-order valence-corrected chi connectivity index (χ0v) is 12.8. The van der Waals surface area contributed by atoms with Crippen LogP contribution in [0.3, 0.4) is 0 Å². The Balaban J connectivity index is 1.97. The van der Waals surface area contributed by atoms with Crippen LogP contribution in [0.4, 0.5) is 0 Å². The fourth-order valence-corrected chi connectivity index (χ4v) is 2.90. The second-order valence-electron chi connectivity index (χ2n) is 4.96. The maximum absolute atomic E-state index is 12.2. The molecule has 0 atom stereocenters. The van der Waals surface area contributed by atoms with Crippen LogP contribution in [0.1, 0.15) is 26.4 Å². The van der Waals surface area contributed by atoms with Gasteiger partial charge in [-0.2, -0.15) is 0 Å². The smallest absolute Gasteiger partial charge is 0.335 e. The summed E-state index contributed by atoms with van der Waals surface area (Å²) in [6.45, 7) is 2.64. The molecule has 0 aliphatic heterocycles. The first-order valence-corrected chi connectivity index (χ1v) is 7.44. The van der Waals surface area contributed by atoms with E-state index in [-0.39, 0.29) is 17.9 Å². The van der Waals surface area contributed by atoms with Crippen LogP contribution in [-0.2, 0) is 17.8 Å². The summed E-state index contributed by atoms with van der Waals surface area (Å²) in [6, 6.07) is 8.46. The standard InChI is InChI=1S/C16H17NO3S/c1-11-7-8-21-14(11)10-17(2)15(18)9-12-3-5-13(6-4-12)16(19)20/h3-8H,9-10H2,1-2H3,(H,19,20). The molecule has 1 aromatic heterocycles. The van der Waals surface area contributed by atoms with Crippen LogP contribution in [0.5, 0.6) is 0 Å². The van der Waals surface area contributed by atoms with E-state index in [0.717, 1.165) is 5.56 Å². The second kappa shape index (κ2) is 6.54. The van der Waals surface area contributed by atoms with Gasteiger partial charge >= 0.3 is 5.97 Å². The number of amides is 1. The van der Waals surface area contributed by atoms with Crippen LogP contribution in [0.25, 0.3) is 0 Å². The Morgan fingerprint density at radius 1 is 1.19 bits per heavy atom. The summed E-state index contributed by atoms with van der Waals surface area (Å²) in [5.74, 6) is -0.941. The molecule has 1 aromatic carbocycles. The van der Waals surface area contributed by atoms with Crippen LogP contribution >= 0.6 is 11.3 Å². The molecule has 0 saturated heterocycles. The molecule has 4 nitrogen and oxygen atoms in total. The van der Waals surface area contributed by atoms with Crippen LogP contribution < -0.4 is 0 Å². The molecule has 21 heavy (non-hydrogen) atoms. The van der Waals surface area contributed by atoms with Gasteiger partial charge in [-0.3, -0.25) is 4.79 Å². The van der Waals surface area contributed by atoms with Gasteiger partial charge in [0.05, 0.1) is 18.5 Å². The number of likely N-dealkylation sites (N-methyl/N-ethyl adjacent to an activating group) is 1. The van der Waals surface area contributed by atoms with E-state index < -0.39 is 5.97 Å². The van der Waals surface area contributed by atoms with Crippen molar-refractivity contribution in [2.24, 2.45) is 0 Å². The molecule has 0 unspecified atom stereocenters. The summed E-state index contributed by atoms with van der Waals surface area (Å²) in [6.07, 6.45) is 0.279. The number of carboxylic acid groups (broad SMARTS) is 1. The van der Waals surface area contributed by atoms with Crippen molar-refractivity contribution in [1.29, 1.82) is 0 Å². The number of carbonyl (C=O) groups is 2. The highest BCUT2D eigenvalue weighted by Crippen LogP contribution is 2.17. The van der Waals surface area contributed by atoms with Crippen LogP contribution in [0, 0.1) is 6.92 Å². The van der Waals surface area contributed by atoms with Gasteiger partial charge in [0.1, 0.15) is 0 Å². The molecular weight excluding hydrogens is 286 g/mol. The SMILES string of the molecule is Cc1ccsc1CN(C)C(=O)Cc1ccc(C(=O)O)cc1. The van der Waals surface area contributed by atoms with E-state index in [2.05, 4.69) is 0 Å². The van der Waals surface area contributed by atoms with E-state index in [0.29, 0.717) is 6.54 Å². The van der Waals surface area contributed by atoms with Gasteiger partial charge in [-0.25, -0.2) is 4.79 Å². The third-order valence-corrected chi connectivity index (χ3v) is 4.34. The number of aromatic carboxylic acids is 1. The molecule has 1 heterocycles. The van der Waals surface area contributed by atoms with E-state index in [1.807, 2.05) is 18.4 Å². The van der Waals surface area contributed by atoms with Gasteiger partial charge < -0.3 is 10.0 Å². The van der Waals surface area contributed by atoms with Crippen LogP contribution in [-0.4, -0.2) is 28.9 Å². The van der Waals surface area contributed by atoms with Crippen molar-refractivity contribution >= 4 is 23.2 Å². The number of carboxylic acids is 1. The second-order valence-corrected chi connectivity index (χ2v) is 5.96. The number of hydrogen-bond acceptors (Lipinski definition) is 3. The lowest BCUT2D eigenvalue weighted by molar-refractivity contribution is -0.129. The monoisotopic (exact) mass is 303 g/mol. The van der Waals surface area contributed by atoms with E-state index >= 15 is 0 Å². The fraction of sp³-hybridized carbons (Fsp3) is 0.250. The highest BCUT2D eigenvalue weighted by Gasteiger charge is 2.12. The van der Waals surface area contributed by atoms with Crippen molar-refractivity contribution < 1.29 is 14.7 Å². The minimum atomic E-state index is -0.960. The third kappa shape index (κ3) is 3.92. The molecule has 2 aromatic rings. The Labute approximate surface area is 127 Å². The molecular formula is C16H17NO3S. The first-order valence-electron chi connectivity index (χ1n) is 6.56. The normalized spacial score (nSPS) is 10.4. The summed E-state index contributed by atoms with van der Waals surface area (Å²) in [5.41, 5.74) is 2.25. The van der Waals surface area contributed by atoms with Gasteiger partial charge in [-0.05, 0) is 41.6 Å². The Morgan fingerprint density at radius 2 is 1.86 bits per heavy atom. The van der Waals surface area contributed by atoms with Crippen molar-refractivity contribution in [3.8, 4) is 0 Å². The average molecular weight is 303 g/mol. The van der Waals surface area contributed by atoms with Crippen molar-refractivity contribution in [3.63, 3.8) is 0 Å². The Hall–Kier alpha value is -2.14. The number of nitrogens with zero attached hydrogens (tertiary/aromatic N) is 1. The predicted molar refractivity (Wildman–Crippen MR) is 82.6 cm³/mol. The minimum Gasteiger partial charge on any atom is -0.478 e. The van der Waals surface area contributed by atoms with Crippen LogP contribution in [0.2, 0.25) is 0 Å². The number of thiophene rings is 1. The molecule has 0 saturated carbocycles. The molecule has 1 amide bonds. The number of benzene rings is 1. The van der Waals surface area contributed by atoms with Crippen molar-refractivity contribution in [1.82, 2.24) is 4.90 Å². The number of rotatable bonds is 5. The van der Waals surface area contributed by atoms with Crippen molar-refractivity contribution in [3.05, 3.63) is 57.3 Å². The van der Waals surface area contributed by atoms with Crippen LogP contribution in [0.15, 0.2) is 35.7 Å². The summed E-state index contributed by atoms with van der Waals surface area (Å²) in [4.78, 5) is 25.8. The lowest BCUT2D eigenvalue weighted by Gasteiger charge is -2.17. The first kappa shape index (κ1) is 15.3. The topological polar surface area (TPSA) is 57.6 Å². The van der Waals surface area contributed by atoms with Gasteiger partial charge in [0, 0.05) is 11.9 Å². The van der Waals surface area contributed by atoms with Gasteiger partial charge in [0.15, 0.2) is 0 Å². The lowest BCUT2D eigenvalue weighted by Crippen LogP contribution is -2.27. The molecule has 0 aliphatic carbocycles. The number of carbonyl (C=O) groups excluding carboxylic acids is 1. The number of aryl methyl sites for hydroxylation is 1. The van der Waals surface area contributed by atoms with E-state index in [1.54, 1.807) is 35.4 Å². The highest BCUT2D eigenvalue weighted by atomic mass is 32.1. The highest BCUT2D eigenvalue weighted by molar-refractivity contribution is 7.10. The molecule has 110 valence electrons. The van der Waals surface area contributed by atoms with E-state index in [4.69, 9.17) is 5.11 Å². The first-order chi connectivity index (χ1) is 9.97.